The molecule has 0 amide bonds. The molecule has 1 fully saturated rings. The van der Waals surface area contributed by atoms with Gasteiger partial charge in [0.05, 0.1) is 11.5 Å². The second-order valence-corrected chi connectivity index (χ2v) is 7.40. The lowest BCUT2D eigenvalue weighted by atomic mass is 10.0. The van der Waals surface area contributed by atoms with E-state index in [1.165, 1.54) is 0 Å². The van der Waals surface area contributed by atoms with E-state index in [9.17, 15) is 8.42 Å². The molecule has 2 rings (SSSR count). The van der Waals surface area contributed by atoms with Gasteiger partial charge in [-0.2, -0.15) is 4.31 Å². The fraction of sp³-hybridized carbons (Fsp3) is 0.571. The zero-order chi connectivity index (χ0) is 14.8. The Bertz CT molecular complexity index is 551. The van der Waals surface area contributed by atoms with Crippen LogP contribution in [0.2, 0.25) is 0 Å². The summed E-state index contributed by atoms with van der Waals surface area (Å²) in [6, 6.07) is 6.34. The molecular formula is C14H21NO4S. The Kier molecular flexibility index (Phi) is 4.36. The number of aliphatic hydroxyl groups excluding tert-OH is 1. The molecule has 1 aromatic carbocycles. The molecule has 1 aliphatic heterocycles. The minimum absolute atomic E-state index is 0.0674. The number of sulfonamides is 1. The molecule has 0 aromatic heterocycles. The van der Waals surface area contributed by atoms with E-state index < -0.39 is 10.0 Å². The van der Waals surface area contributed by atoms with Gasteiger partial charge in [-0.3, -0.25) is 0 Å². The van der Waals surface area contributed by atoms with Crippen LogP contribution in [0.15, 0.2) is 29.2 Å². The molecule has 0 saturated carbocycles. The second-order valence-electron chi connectivity index (χ2n) is 5.54. The normalized spacial score (nSPS) is 19.1. The topological polar surface area (TPSA) is 66.8 Å². The number of benzene rings is 1. The van der Waals surface area contributed by atoms with E-state index in [-0.39, 0.29) is 23.6 Å². The first kappa shape index (κ1) is 15.3. The van der Waals surface area contributed by atoms with Crippen LogP contribution in [-0.4, -0.2) is 43.1 Å². The SMILES string of the molecule is CC1(C)CCCN1S(=O)(=O)c1ccc(OCCO)cc1. The van der Waals surface area contributed by atoms with Crippen molar-refractivity contribution >= 4 is 10.0 Å². The maximum atomic E-state index is 12.6. The largest absolute Gasteiger partial charge is 0.491 e. The highest BCUT2D eigenvalue weighted by atomic mass is 32.2. The molecule has 1 aromatic rings. The monoisotopic (exact) mass is 299 g/mol. The number of hydrogen-bond donors (Lipinski definition) is 1. The highest BCUT2D eigenvalue weighted by Crippen LogP contribution is 2.34. The Morgan fingerprint density at radius 3 is 2.45 bits per heavy atom. The Labute approximate surface area is 120 Å². The number of rotatable bonds is 5. The Balaban J connectivity index is 2.22. The molecule has 1 N–H and O–H groups in total. The summed E-state index contributed by atoms with van der Waals surface area (Å²) in [5.41, 5.74) is -0.328. The molecule has 112 valence electrons. The molecule has 20 heavy (non-hydrogen) atoms. The molecular weight excluding hydrogens is 278 g/mol. The van der Waals surface area contributed by atoms with Gasteiger partial charge in [0.25, 0.3) is 0 Å². The van der Waals surface area contributed by atoms with E-state index in [0.717, 1.165) is 12.8 Å². The van der Waals surface area contributed by atoms with Crippen molar-refractivity contribution in [1.82, 2.24) is 4.31 Å². The minimum Gasteiger partial charge on any atom is -0.491 e. The third-order valence-electron chi connectivity index (χ3n) is 3.60. The van der Waals surface area contributed by atoms with Crippen LogP contribution >= 0.6 is 0 Å². The van der Waals surface area contributed by atoms with Crippen molar-refractivity contribution in [3.05, 3.63) is 24.3 Å². The van der Waals surface area contributed by atoms with Gasteiger partial charge in [0.1, 0.15) is 12.4 Å². The lowest BCUT2D eigenvalue weighted by Gasteiger charge is -2.30. The third kappa shape index (κ3) is 2.97. The third-order valence-corrected chi connectivity index (χ3v) is 5.72. The van der Waals surface area contributed by atoms with Crippen LogP contribution in [0.3, 0.4) is 0 Å². The average molecular weight is 299 g/mol. The molecule has 0 spiro atoms. The van der Waals surface area contributed by atoms with Crippen molar-refractivity contribution in [3.63, 3.8) is 0 Å². The summed E-state index contributed by atoms with van der Waals surface area (Å²) in [4.78, 5) is 0.281. The van der Waals surface area contributed by atoms with E-state index in [1.807, 2.05) is 13.8 Å². The molecule has 5 nitrogen and oxygen atoms in total. The van der Waals surface area contributed by atoms with Crippen molar-refractivity contribution in [1.29, 1.82) is 0 Å². The van der Waals surface area contributed by atoms with Gasteiger partial charge in [0.2, 0.25) is 10.0 Å². The number of aliphatic hydroxyl groups is 1. The average Bonchev–Trinajstić information content (AvgIpc) is 2.77. The fourth-order valence-electron chi connectivity index (χ4n) is 2.53. The molecule has 0 aliphatic carbocycles. The lowest BCUT2D eigenvalue weighted by Crippen LogP contribution is -2.42. The predicted molar refractivity (Wildman–Crippen MR) is 76.2 cm³/mol. The van der Waals surface area contributed by atoms with E-state index in [4.69, 9.17) is 9.84 Å². The Morgan fingerprint density at radius 2 is 1.95 bits per heavy atom. The fourth-order valence-corrected chi connectivity index (χ4v) is 4.37. The first-order chi connectivity index (χ1) is 9.38. The van der Waals surface area contributed by atoms with Crippen molar-refractivity contribution in [2.75, 3.05) is 19.8 Å². The number of ether oxygens (including phenoxy) is 1. The van der Waals surface area contributed by atoms with E-state index in [0.29, 0.717) is 12.3 Å². The summed E-state index contributed by atoms with van der Waals surface area (Å²) in [6.07, 6.45) is 1.77. The van der Waals surface area contributed by atoms with Crippen LogP contribution in [0.4, 0.5) is 0 Å². The first-order valence-corrected chi connectivity index (χ1v) is 8.18. The van der Waals surface area contributed by atoms with Gasteiger partial charge in [-0.15, -0.1) is 0 Å². The molecule has 0 unspecified atom stereocenters. The van der Waals surface area contributed by atoms with Gasteiger partial charge < -0.3 is 9.84 Å². The molecule has 6 heteroatoms. The molecule has 0 bridgehead atoms. The van der Waals surface area contributed by atoms with Gasteiger partial charge >= 0.3 is 0 Å². The molecule has 1 heterocycles. The van der Waals surface area contributed by atoms with Crippen LogP contribution in [0, 0.1) is 0 Å². The van der Waals surface area contributed by atoms with E-state index in [1.54, 1.807) is 28.6 Å². The number of hydrogen-bond acceptors (Lipinski definition) is 4. The second kappa shape index (κ2) is 5.71. The van der Waals surface area contributed by atoms with Crippen LogP contribution < -0.4 is 4.74 Å². The lowest BCUT2D eigenvalue weighted by molar-refractivity contribution is 0.201. The first-order valence-electron chi connectivity index (χ1n) is 6.74. The molecule has 1 saturated heterocycles. The summed E-state index contributed by atoms with van der Waals surface area (Å²) >= 11 is 0. The summed E-state index contributed by atoms with van der Waals surface area (Å²) < 4.78 is 32.0. The van der Waals surface area contributed by atoms with E-state index >= 15 is 0 Å². The quantitative estimate of drug-likeness (QED) is 0.897. The van der Waals surface area contributed by atoms with Crippen LogP contribution in [0.1, 0.15) is 26.7 Å². The van der Waals surface area contributed by atoms with Crippen LogP contribution in [-0.2, 0) is 10.0 Å². The molecule has 1 aliphatic rings. The molecule has 0 radical (unpaired) electrons. The van der Waals surface area contributed by atoms with Gasteiger partial charge in [-0.05, 0) is 51.0 Å². The Morgan fingerprint density at radius 1 is 1.30 bits per heavy atom. The van der Waals surface area contributed by atoms with Gasteiger partial charge in [-0.1, -0.05) is 0 Å². The highest BCUT2D eigenvalue weighted by Gasteiger charge is 2.40. The standard InChI is InChI=1S/C14H21NO4S/c1-14(2)8-3-9-15(14)20(17,18)13-6-4-12(5-7-13)19-11-10-16/h4-7,16H,3,8-11H2,1-2H3. The maximum absolute atomic E-state index is 12.6. The zero-order valence-corrected chi connectivity index (χ0v) is 12.7. The molecule has 0 atom stereocenters. The summed E-state index contributed by atoms with van der Waals surface area (Å²) in [5, 5.41) is 8.69. The summed E-state index contributed by atoms with van der Waals surface area (Å²) in [6.45, 7) is 4.61. The van der Waals surface area contributed by atoms with Gasteiger partial charge in [0, 0.05) is 12.1 Å². The Hall–Kier alpha value is -1.11. The van der Waals surface area contributed by atoms with Crippen molar-refractivity contribution in [2.24, 2.45) is 0 Å². The number of nitrogens with zero attached hydrogens (tertiary/aromatic N) is 1. The minimum atomic E-state index is -3.46. The van der Waals surface area contributed by atoms with Gasteiger partial charge in [-0.25, -0.2) is 8.42 Å². The predicted octanol–water partition coefficient (Wildman–Crippen LogP) is 1.62. The van der Waals surface area contributed by atoms with Crippen molar-refractivity contribution in [2.45, 2.75) is 37.1 Å². The van der Waals surface area contributed by atoms with Gasteiger partial charge in [0.15, 0.2) is 0 Å². The smallest absolute Gasteiger partial charge is 0.243 e. The zero-order valence-electron chi connectivity index (χ0n) is 11.9. The summed E-state index contributed by atoms with van der Waals surface area (Å²) in [5.74, 6) is 0.554. The van der Waals surface area contributed by atoms with Crippen LogP contribution in [0.5, 0.6) is 5.75 Å². The van der Waals surface area contributed by atoms with Crippen LogP contribution in [0.25, 0.3) is 0 Å². The van der Waals surface area contributed by atoms with E-state index in [2.05, 4.69) is 0 Å². The van der Waals surface area contributed by atoms with Crippen molar-refractivity contribution in [3.8, 4) is 5.75 Å². The summed E-state index contributed by atoms with van der Waals surface area (Å²) in [7, 11) is -3.46. The maximum Gasteiger partial charge on any atom is 0.243 e. The van der Waals surface area contributed by atoms with Crippen molar-refractivity contribution < 1.29 is 18.3 Å². The highest BCUT2D eigenvalue weighted by molar-refractivity contribution is 7.89.